The molecule has 1 aromatic rings. The van der Waals surface area contributed by atoms with Crippen LogP contribution >= 0.6 is 0 Å². The minimum Gasteiger partial charge on any atom is -0.384 e. The largest absolute Gasteiger partial charge is 0.384 e. The van der Waals surface area contributed by atoms with E-state index in [1.807, 2.05) is 19.1 Å². The number of nitrogens with zero attached hydrogens (tertiary/aromatic N) is 2. The number of hydrogen-bond donors (Lipinski definition) is 1. The molecule has 0 radical (unpaired) electrons. The summed E-state index contributed by atoms with van der Waals surface area (Å²) in [5, 5.41) is 3.17. The van der Waals surface area contributed by atoms with Crippen LogP contribution in [0.25, 0.3) is 0 Å². The molecule has 1 fully saturated rings. The Bertz CT molecular complexity index is 347. The van der Waals surface area contributed by atoms with E-state index in [2.05, 4.69) is 10.3 Å². The van der Waals surface area contributed by atoms with E-state index in [0.29, 0.717) is 6.42 Å². The lowest BCUT2D eigenvalue weighted by molar-refractivity contribution is -0.117. The van der Waals surface area contributed by atoms with Crippen molar-refractivity contribution in [1.29, 1.82) is 0 Å². The van der Waals surface area contributed by atoms with E-state index in [0.717, 1.165) is 31.0 Å². The first kappa shape index (κ1) is 9.96. The molecule has 0 spiro atoms. The SMILES string of the molecule is CCNc1ccc(N2CCCC2=O)nc1. The Hall–Kier alpha value is -1.58. The molecule has 2 heterocycles. The van der Waals surface area contributed by atoms with Gasteiger partial charge in [-0.05, 0) is 25.5 Å². The molecule has 1 amide bonds. The third kappa shape index (κ3) is 2.09. The second-order valence-electron chi connectivity index (χ2n) is 3.58. The Morgan fingerprint density at radius 3 is 2.93 bits per heavy atom. The van der Waals surface area contributed by atoms with Gasteiger partial charge < -0.3 is 5.32 Å². The summed E-state index contributed by atoms with van der Waals surface area (Å²) in [6, 6.07) is 3.85. The summed E-state index contributed by atoms with van der Waals surface area (Å²) < 4.78 is 0. The average molecular weight is 205 g/mol. The average Bonchev–Trinajstić information content (AvgIpc) is 2.66. The number of nitrogens with one attached hydrogen (secondary N) is 1. The van der Waals surface area contributed by atoms with Gasteiger partial charge >= 0.3 is 0 Å². The highest BCUT2D eigenvalue weighted by Gasteiger charge is 2.22. The molecule has 4 nitrogen and oxygen atoms in total. The summed E-state index contributed by atoms with van der Waals surface area (Å²) in [6.45, 7) is 3.72. The Morgan fingerprint density at radius 1 is 1.53 bits per heavy atom. The molecule has 1 aromatic heterocycles. The van der Waals surface area contributed by atoms with E-state index in [1.165, 1.54) is 0 Å². The van der Waals surface area contributed by atoms with E-state index in [1.54, 1.807) is 11.1 Å². The van der Waals surface area contributed by atoms with Gasteiger partial charge in [-0.1, -0.05) is 0 Å². The summed E-state index contributed by atoms with van der Waals surface area (Å²) in [5.41, 5.74) is 0.993. The first-order valence-electron chi connectivity index (χ1n) is 5.31. The van der Waals surface area contributed by atoms with Crippen molar-refractivity contribution in [3.8, 4) is 0 Å². The number of carbonyl (C=O) groups is 1. The maximum Gasteiger partial charge on any atom is 0.228 e. The van der Waals surface area contributed by atoms with Crippen LogP contribution in [-0.2, 0) is 4.79 Å². The molecule has 2 rings (SSSR count). The van der Waals surface area contributed by atoms with Crippen molar-refractivity contribution in [2.24, 2.45) is 0 Å². The zero-order valence-electron chi connectivity index (χ0n) is 8.86. The van der Waals surface area contributed by atoms with Crippen molar-refractivity contribution in [2.75, 3.05) is 23.3 Å². The zero-order valence-corrected chi connectivity index (χ0v) is 8.86. The minimum atomic E-state index is 0.179. The number of aromatic nitrogens is 1. The minimum absolute atomic E-state index is 0.179. The predicted molar refractivity (Wildman–Crippen MR) is 60.0 cm³/mol. The van der Waals surface area contributed by atoms with E-state index in [9.17, 15) is 4.79 Å². The normalized spacial score (nSPS) is 15.8. The summed E-state index contributed by atoms with van der Waals surface area (Å²) in [7, 11) is 0. The molecule has 0 atom stereocenters. The standard InChI is InChI=1S/C11H15N3O/c1-2-12-9-5-6-10(13-8-9)14-7-3-4-11(14)15/h5-6,8,12H,2-4,7H2,1H3. The fraction of sp³-hybridized carbons (Fsp3) is 0.455. The Kier molecular flexibility index (Phi) is 2.85. The van der Waals surface area contributed by atoms with Crippen molar-refractivity contribution in [1.82, 2.24) is 4.98 Å². The molecule has 4 heteroatoms. The van der Waals surface area contributed by atoms with Crippen LogP contribution < -0.4 is 10.2 Å². The quantitative estimate of drug-likeness (QED) is 0.816. The van der Waals surface area contributed by atoms with Crippen LogP contribution in [0.5, 0.6) is 0 Å². The van der Waals surface area contributed by atoms with Gasteiger partial charge in [0.15, 0.2) is 0 Å². The van der Waals surface area contributed by atoms with Gasteiger partial charge in [-0.15, -0.1) is 0 Å². The van der Waals surface area contributed by atoms with Gasteiger partial charge in [-0.25, -0.2) is 4.98 Å². The predicted octanol–water partition coefficient (Wildman–Crippen LogP) is 1.64. The van der Waals surface area contributed by atoms with Gasteiger partial charge in [0.05, 0.1) is 11.9 Å². The van der Waals surface area contributed by atoms with E-state index in [-0.39, 0.29) is 5.91 Å². The molecule has 1 N–H and O–H groups in total. The summed E-state index contributed by atoms with van der Waals surface area (Å²) in [5.74, 6) is 0.942. The van der Waals surface area contributed by atoms with Gasteiger partial charge in [0.2, 0.25) is 5.91 Å². The van der Waals surface area contributed by atoms with Crippen molar-refractivity contribution >= 4 is 17.4 Å². The van der Waals surface area contributed by atoms with Crippen LogP contribution in [0.4, 0.5) is 11.5 Å². The topological polar surface area (TPSA) is 45.2 Å². The second kappa shape index (κ2) is 4.29. The zero-order chi connectivity index (χ0) is 10.7. The Labute approximate surface area is 89.3 Å². The molecule has 1 saturated heterocycles. The maximum atomic E-state index is 11.5. The fourth-order valence-electron chi connectivity index (χ4n) is 1.74. The van der Waals surface area contributed by atoms with Crippen molar-refractivity contribution in [2.45, 2.75) is 19.8 Å². The molecule has 80 valence electrons. The van der Waals surface area contributed by atoms with E-state index in [4.69, 9.17) is 0 Å². The van der Waals surface area contributed by atoms with Crippen molar-refractivity contribution in [3.05, 3.63) is 18.3 Å². The summed E-state index contributed by atoms with van der Waals surface area (Å²) in [6.07, 6.45) is 3.36. The van der Waals surface area contributed by atoms with Gasteiger partial charge in [0, 0.05) is 19.5 Å². The van der Waals surface area contributed by atoms with Gasteiger partial charge in [0.25, 0.3) is 0 Å². The molecule has 0 aliphatic carbocycles. The monoisotopic (exact) mass is 205 g/mol. The fourth-order valence-corrected chi connectivity index (χ4v) is 1.74. The number of amides is 1. The van der Waals surface area contributed by atoms with E-state index < -0.39 is 0 Å². The van der Waals surface area contributed by atoms with Gasteiger partial charge in [-0.2, -0.15) is 0 Å². The first-order valence-corrected chi connectivity index (χ1v) is 5.31. The van der Waals surface area contributed by atoms with Gasteiger partial charge in [0.1, 0.15) is 5.82 Å². The lowest BCUT2D eigenvalue weighted by atomic mass is 10.4. The number of rotatable bonds is 3. The second-order valence-corrected chi connectivity index (χ2v) is 3.58. The van der Waals surface area contributed by atoms with Gasteiger partial charge in [-0.3, -0.25) is 9.69 Å². The maximum absolute atomic E-state index is 11.5. The third-order valence-electron chi connectivity index (χ3n) is 2.48. The molecule has 0 aromatic carbocycles. The van der Waals surface area contributed by atoms with Crippen LogP contribution in [-0.4, -0.2) is 24.0 Å². The molecule has 1 aliphatic heterocycles. The number of anilines is 2. The van der Waals surface area contributed by atoms with Crippen molar-refractivity contribution in [3.63, 3.8) is 0 Å². The van der Waals surface area contributed by atoms with Crippen LogP contribution in [0.2, 0.25) is 0 Å². The van der Waals surface area contributed by atoms with Crippen LogP contribution in [0, 0.1) is 0 Å². The Balaban J connectivity index is 2.12. The molecular formula is C11H15N3O. The molecule has 0 saturated carbocycles. The molecular weight excluding hydrogens is 190 g/mol. The van der Waals surface area contributed by atoms with Crippen molar-refractivity contribution < 1.29 is 4.79 Å². The Morgan fingerprint density at radius 2 is 2.40 bits per heavy atom. The molecule has 0 unspecified atom stereocenters. The highest BCUT2D eigenvalue weighted by Crippen LogP contribution is 2.19. The lowest BCUT2D eigenvalue weighted by Gasteiger charge is -2.14. The number of carbonyl (C=O) groups excluding carboxylic acids is 1. The molecule has 1 aliphatic rings. The highest BCUT2D eigenvalue weighted by molar-refractivity contribution is 5.94. The number of hydrogen-bond acceptors (Lipinski definition) is 3. The van der Waals surface area contributed by atoms with E-state index >= 15 is 0 Å². The smallest absolute Gasteiger partial charge is 0.228 e. The third-order valence-corrected chi connectivity index (χ3v) is 2.48. The first-order chi connectivity index (χ1) is 7.31. The van der Waals surface area contributed by atoms with Crippen LogP contribution in [0.15, 0.2) is 18.3 Å². The van der Waals surface area contributed by atoms with Crippen LogP contribution in [0.1, 0.15) is 19.8 Å². The summed E-state index contributed by atoms with van der Waals surface area (Å²) in [4.78, 5) is 17.5. The summed E-state index contributed by atoms with van der Waals surface area (Å²) >= 11 is 0. The number of pyridine rings is 1. The molecule has 15 heavy (non-hydrogen) atoms. The highest BCUT2D eigenvalue weighted by atomic mass is 16.2. The molecule has 0 bridgehead atoms. The lowest BCUT2D eigenvalue weighted by Crippen LogP contribution is -2.24. The van der Waals surface area contributed by atoms with Crippen LogP contribution in [0.3, 0.4) is 0 Å².